The van der Waals surface area contributed by atoms with Crippen LogP contribution in [0.2, 0.25) is 0 Å². The molecule has 0 aliphatic heterocycles. The molecule has 0 aliphatic rings. The predicted octanol–water partition coefficient (Wildman–Crippen LogP) is 2.83. The zero-order chi connectivity index (χ0) is 13.7. The lowest BCUT2D eigenvalue weighted by Gasteiger charge is -2.10. The molecule has 1 N–H and O–H groups in total. The number of hydrogen-bond donors (Lipinski definition) is 1. The highest BCUT2D eigenvalue weighted by atomic mass is 15.0. The molecule has 0 saturated carbocycles. The maximum absolute atomic E-state index is 9.06. The monoisotopic (exact) mass is 252 g/mol. The quantitative estimate of drug-likeness (QED) is 0.908. The first-order chi connectivity index (χ1) is 9.24. The van der Waals surface area contributed by atoms with Crippen LogP contribution in [-0.4, -0.2) is 9.97 Å². The molecule has 0 amide bonds. The molecule has 0 atom stereocenters. The third-order valence-electron chi connectivity index (χ3n) is 2.94. The summed E-state index contributed by atoms with van der Waals surface area (Å²) in [4.78, 5) is 8.72. The lowest BCUT2D eigenvalue weighted by atomic mass is 10.1. The van der Waals surface area contributed by atoms with Crippen LogP contribution < -0.4 is 5.32 Å². The lowest BCUT2D eigenvalue weighted by Crippen LogP contribution is -2.07. The van der Waals surface area contributed by atoms with Gasteiger partial charge in [0.2, 0.25) is 0 Å². The zero-order valence-electron chi connectivity index (χ0n) is 11.1. The van der Waals surface area contributed by atoms with Gasteiger partial charge in [-0.05, 0) is 37.1 Å². The van der Waals surface area contributed by atoms with Crippen molar-refractivity contribution in [2.24, 2.45) is 0 Å². The van der Waals surface area contributed by atoms with Gasteiger partial charge in [0.1, 0.15) is 11.9 Å². The van der Waals surface area contributed by atoms with Crippen molar-refractivity contribution >= 4 is 5.82 Å². The number of aromatic nitrogens is 2. The van der Waals surface area contributed by atoms with Crippen LogP contribution in [0, 0.1) is 18.3 Å². The molecule has 2 heterocycles. The van der Waals surface area contributed by atoms with E-state index < -0.39 is 0 Å². The van der Waals surface area contributed by atoms with Gasteiger partial charge in [0.05, 0.1) is 17.8 Å². The first kappa shape index (κ1) is 13.0. The van der Waals surface area contributed by atoms with Crippen molar-refractivity contribution in [2.75, 3.05) is 5.32 Å². The summed E-state index contributed by atoms with van der Waals surface area (Å²) < 4.78 is 0. The number of nitriles is 1. The van der Waals surface area contributed by atoms with E-state index in [-0.39, 0.29) is 0 Å². The van der Waals surface area contributed by atoms with Gasteiger partial charge < -0.3 is 5.32 Å². The van der Waals surface area contributed by atoms with Gasteiger partial charge in [-0.2, -0.15) is 5.26 Å². The summed E-state index contributed by atoms with van der Waals surface area (Å²) in [5, 5.41) is 12.3. The molecule has 0 unspecified atom stereocenters. The van der Waals surface area contributed by atoms with E-state index in [4.69, 9.17) is 5.26 Å². The van der Waals surface area contributed by atoms with Crippen LogP contribution in [0.15, 0.2) is 30.5 Å². The Morgan fingerprint density at radius 3 is 2.89 bits per heavy atom. The topological polar surface area (TPSA) is 61.6 Å². The van der Waals surface area contributed by atoms with Gasteiger partial charge >= 0.3 is 0 Å². The first-order valence-electron chi connectivity index (χ1n) is 6.29. The van der Waals surface area contributed by atoms with E-state index in [9.17, 15) is 0 Å². The van der Waals surface area contributed by atoms with Crippen LogP contribution in [0.25, 0.3) is 0 Å². The van der Waals surface area contributed by atoms with Gasteiger partial charge in [-0.15, -0.1) is 0 Å². The number of aryl methyl sites for hydroxylation is 2. The third-order valence-corrected chi connectivity index (χ3v) is 2.94. The Bertz CT molecular complexity index is 614. The van der Waals surface area contributed by atoms with E-state index >= 15 is 0 Å². The van der Waals surface area contributed by atoms with Gasteiger partial charge in [-0.1, -0.05) is 13.0 Å². The van der Waals surface area contributed by atoms with E-state index in [1.807, 2.05) is 19.1 Å². The molecule has 96 valence electrons. The molecule has 19 heavy (non-hydrogen) atoms. The van der Waals surface area contributed by atoms with Gasteiger partial charge in [-0.25, -0.2) is 4.98 Å². The highest BCUT2D eigenvalue weighted by molar-refractivity contribution is 5.52. The molecule has 4 nitrogen and oxygen atoms in total. The number of nitrogens with one attached hydrogen (secondary N) is 1. The number of rotatable bonds is 4. The van der Waals surface area contributed by atoms with Crippen LogP contribution in [0.5, 0.6) is 0 Å². The normalized spacial score (nSPS) is 9.95. The molecule has 2 aromatic rings. The summed E-state index contributed by atoms with van der Waals surface area (Å²) in [5.74, 6) is 0.621. The fourth-order valence-electron chi connectivity index (χ4n) is 1.90. The summed E-state index contributed by atoms with van der Waals surface area (Å²) >= 11 is 0. The molecule has 0 bridgehead atoms. The fourth-order valence-corrected chi connectivity index (χ4v) is 1.90. The van der Waals surface area contributed by atoms with E-state index in [0.717, 1.165) is 17.8 Å². The second-order valence-electron chi connectivity index (χ2n) is 4.28. The fraction of sp³-hybridized carbons (Fsp3) is 0.267. The minimum atomic E-state index is 0.555. The highest BCUT2D eigenvalue weighted by Gasteiger charge is 2.06. The molecule has 0 fully saturated rings. The molecule has 0 spiro atoms. The Balaban J connectivity index is 2.19. The van der Waals surface area contributed by atoms with Crippen molar-refractivity contribution in [2.45, 2.75) is 26.8 Å². The smallest absolute Gasteiger partial charge is 0.144 e. The van der Waals surface area contributed by atoms with E-state index in [2.05, 4.69) is 34.3 Å². The average Bonchev–Trinajstić information content (AvgIpc) is 2.45. The highest BCUT2D eigenvalue weighted by Crippen LogP contribution is 2.14. The lowest BCUT2D eigenvalue weighted by molar-refractivity contribution is 0.961. The van der Waals surface area contributed by atoms with Gasteiger partial charge in [-0.3, -0.25) is 4.98 Å². The minimum Gasteiger partial charge on any atom is -0.363 e. The Morgan fingerprint density at radius 2 is 2.16 bits per heavy atom. The van der Waals surface area contributed by atoms with E-state index in [0.29, 0.717) is 17.9 Å². The number of hydrogen-bond acceptors (Lipinski definition) is 4. The van der Waals surface area contributed by atoms with Crippen molar-refractivity contribution in [1.82, 2.24) is 9.97 Å². The summed E-state index contributed by atoms with van der Waals surface area (Å²) in [6.07, 6.45) is 2.72. The van der Waals surface area contributed by atoms with Gasteiger partial charge in [0, 0.05) is 11.9 Å². The molecular weight excluding hydrogens is 236 g/mol. The number of anilines is 1. The van der Waals surface area contributed by atoms with Crippen LogP contribution >= 0.6 is 0 Å². The predicted molar refractivity (Wildman–Crippen MR) is 74.6 cm³/mol. The SMILES string of the molecule is CCc1cccnc1CNc1nc(C)ccc1C#N. The largest absolute Gasteiger partial charge is 0.363 e. The standard InChI is InChI=1S/C15H16N4/c1-3-12-5-4-8-17-14(12)10-18-15-13(9-16)7-6-11(2)19-15/h4-8H,3,10H2,1-2H3,(H,18,19). The molecule has 0 saturated heterocycles. The molecular formula is C15H16N4. The van der Waals surface area contributed by atoms with E-state index in [1.165, 1.54) is 5.56 Å². The Kier molecular flexibility index (Phi) is 4.09. The van der Waals surface area contributed by atoms with Crippen LogP contribution in [0.1, 0.15) is 29.4 Å². The first-order valence-corrected chi connectivity index (χ1v) is 6.29. The zero-order valence-corrected chi connectivity index (χ0v) is 11.1. The summed E-state index contributed by atoms with van der Waals surface area (Å²) in [6, 6.07) is 9.77. The van der Waals surface area contributed by atoms with Crippen LogP contribution in [0.4, 0.5) is 5.82 Å². The Labute approximate surface area is 113 Å². The summed E-state index contributed by atoms with van der Waals surface area (Å²) in [7, 11) is 0. The van der Waals surface area contributed by atoms with Crippen molar-refractivity contribution in [3.05, 3.63) is 53.0 Å². The second kappa shape index (κ2) is 5.96. The maximum atomic E-state index is 9.06. The molecule has 2 aromatic heterocycles. The van der Waals surface area contributed by atoms with Crippen LogP contribution in [0.3, 0.4) is 0 Å². The summed E-state index contributed by atoms with van der Waals surface area (Å²) in [5.41, 5.74) is 3.65. The van der Waals surface area contributed by atoms with Crippen molar-refractivity contribution < 1.29 is 0 Å². The van der Waals surface area contributed by atoms with Gasteiger partial charge in [0.15, 0.2) is 0 Å². The average molecular weight is 252 g/mol. The van der Waals surface area contributed by atoms with E-state index in [1.54, 1.807) is 12.3 Å². The molecule has 0 aromatic carbocycles. The Hall–Kier alpha value is -2.41. The van der Waals surface area contributed by atoms with Gasteiger partial charge in [0.25, 0.3) is 0 Å². The molecule has 4 heteroatoms. The van der Waals surface area contributed by atoms with Crippen molar-refractivity contribution in [3.63, 3.8) is 0 Å². The van der Waals surface area contributed by atoms with Crippen molar-refractivity contribution in [3.8, 4) is 6.07 Å². The second-order valence-corrected chi connectivity index (χ2v) is 4.28. The molecule has 0 aliphatic carbocycles. The maximum Gasteiger partial charge on any atom is 0.144 e. The number of pyridine rings is 2. The van der Waals surface area contributed by atoms with Crippen molar-refractivity contribution in [1.29, 1.82) is 5.26 Å². The minimum absolute atomic E-state index is 0.555. The molecule has 0 radical (unpaired) electrons. The Morgan fingerprint density at radius 1 is 1.32 bits per heavy atom. The third kappa shape index (κ3) is 3.08. The number of nitrogens with zero attached hydrogens (tertiary/aromatic N) is 3. The molecule has 2 rings (SSSR count). The summed E-state index contributed by atoms with van der Waals surface area (Å²) in [6.45, 7) is 4.59. The van der Waals surface area contributed by atoms with Crippen LogP contribution in [-0.2, 0) is 13.0 Å².